The fraction of sp³-hybridized carbons (Fsp3) is 0.111. The van der Waals surface area contributed by atoms with Crippen molar-refractivity contribution < 1.29 is 29.3 Å². The standard InChI is InChI=1S/C18H10O6/c19-10-3-1-2-7-12(10)16(21)14-9(15(7)20)6-11-13(17(14)22)8-4-5-23-18(8)24-11/h1-6,8,18-19,22H/t8-,18+/m0/s1. The van der Waals surface area contributed by atoms with E-state index in [1.807, 2.05) is 0 Å². The lowest BCUT2D eigenvalue weighted by Crippen LogP contribution is -2.21. The van der Waals surface area contributed by atoms with Crippen molar-refractivity contribution in [3.05, 3.63) is 64.4 Å². The summed E-state index contributed by atoms with van der Waals surface area (Å²) in [6, 6.07) is 5.78. The van der Waals surface area contributed by atoms with E-state index in [0.29, 0.717) is 11.3 Å². The Morgan fingerprint density at radius 2 is 1.83 bits per heavy atom. The molecule has 6 nitrogen and oxygen atoms in total. The minimum atomic E-state index is -0.601. The van der Waals surface area contributed by atoms with Crippen molar-refractivity contribution in [2.45, 2.75) is 12.2 Å². The summed E-state index contributed by atoms with van der Waals surface area (Å²) in [4.78, 5) is 25.6. The smallest absolute Gasteiger partial charge is 0.250 e. The molecule has 0 saturated heterocycles. The summed E-state index contributed by atoms with van der Waals surface area (Å²) in [6.07, 6.45) is 2.60. The highest BCUT2D eigenvalue weighted by molar-refractivity contribution is 6.30. The van der Waals surface area contributed by atoms with E-state index in [4.69, 9.17) is 9.47 Å². The van der Waals surface area contributed by atoms with Crippen molar-refractivity contribution >= 4 is 11.6 Å². The van der Waals surface area contributed by atoms with Crippen LogP contribution in [-0.4, -0.2) is 28.1 Å². The lowest BCUT2D eigenvalue weighted by molar-refractivity contribution is -0.00487. The summed E-state index contributed by atoms with van der Waals surface area (Å²) in [6.45, 7) is 0. The van der Waals surface area contributed by atoms with Gasteiger partial charge in [-0.15, -0.1) is 0 Å². The molecule has 0 bridgehead atoms. The van der Waals surface area contributed by atoms with E-state index in [9.17, 15) is 19.8 Å². The topological polar surface area (TPSA) is 93.1 Å². The molecule has 0 radical (unpaired) electrons. The Morgan fingerprint density at radius 3 is 2.67 bits per heavy atom. The third-order valence-electron chi connectivity index (χ3n) is 4.66. The van der Waals surface area contributed by atoms with E-state index in [1.54, 1.807) is 6.08 Å². The van der Waals surface area contributed by atoms with Crippen molar-refractivity contribution in [3.8, 4) is 17.2 Å². The van der Waals surface area contributed by atoms with Crippen LogP contribution in [0.15, 0.2) is 36.6 Å². The number of ether oxygens (including phenoxy) is 2. The molecule has 0 amide bonds. The summed E-state index contributed by atoms with van der Waals surface area (Å²) in [7, 11) is 0. The lowest BCUT2D eigenvalue weighted by atomic mass is 9.81. The van der Waals surface area contributed by atoms with Crippen LogP contribution < -0.4 is 4.74 Å². The molecule has 118 valence electrons. The highest BCUT2D eigenvalue weighted by Gasteiger charge is 2.44. The zero-order valence-electron chi connectivity index (χ0n) is 12.1. The van der Waals surface area contributed by atoms with Gasteiger partial charge in [0.25, 0.3) is 6.29 Å². The van der Waals surface area contributed by atoms with Gasteiger partial charge in [-0.25, -0.2) is 0 Å². The second kappa shape index (κ2) is 4.17. The summed E-state index contributed by atoms with van der Waals surface area (Å²) in [5.74, 6) is -1.60. The lowest BCUT2D eigenvalue weighted by Gasteiger charge is -2.20. The molecule has 3 aliphatic rings. The normalized spacial score (nSPS) is 22.3. The number of benzene rings is 2. The first kappa shape index (κ1) is 13.2. The van der Waals surface area contributed by atoms with E-state index in [-0.39, 0.29) is 39.7 Å². The zero-order chi connectivity index (χ0) is 16.6. The predicted octanol–water partition coefficient (Wildman–Crippen LogP) is 2.22. The van der Waals surface area contributed by atoms with E-state index >= 15 is 0 Å². The van der Waals surface area contributed by atoms with Crippen molar-refractivity contribution in [1.29, 1.82) is 0 Å². The van der Waals surface area contributed by atoms with Gasteiger partial charge in [-0.2, -0.15) is 0 Å². The molecular weight excluding hydrogens is 312 g/mol. The Hall–Kier alpha value is -3.28. The molecule has 24 heavy (non-hydrogen) atoms. The number of carbonyl (C=O) groups excluding carboxylic acids is 2. The number of rotatable bonds is 0. The Balaban J connectivity index is 1.81. The largest absolute Gasteiger partial charge is 0.507 e. The molecule has 0 saturated carbocycles. The number of phenolic OH excluding ortho intramolecular Hbond substituents is 2. The second-order valence-electron chi connectivity index (χ2n) is 5.89. The average molecular weight is 322 g/mol. The highest BCUT2D eigenvalue weighted by atomic mass is 16.7. The highest BCUT2D eigenvalue weighted by Crippen LogP contribution is 2.51. The first-order chi connectivity index (χ1) is 11.6. The molecule has 2 atom stereocenters. The van der Waals surface area contributed by atoms with Crippen LogP contribution in [0.4, 0.5) is 0 Å². The number of hydrogen-bond donors (Lipinski definition) is 2. The minimum Gasteiger partial charge on any atom is -0.507 e. The maximum Gasteiger partial charge on any atom is 0.250 e. The maximum absolute atomic E-state index is 12.8. The molecule has 0 aromatic heterocycles. The molecule has 2 heterocycles. The Labute approximate surface area is 135 Å². The van der Waals surface area contributed by atoms with Gasteiger partial charge >= 0.3 is 0 Å². The number of fused-ring (bicyclic) bond motifs is 5. The fourth-order valence-electron chi connectivity index (χ4n) is 3.57. The van der Waals surface area contributed by atoms with Crippen molar-refractivity contribution in [2.75, 3.05) is 0 Å². The van der Waals surface area contributed by atoms with Gasteiger partial charge in [-0.1, -0.05) is 12.1 Å². The van der Waals surface area contributed by atoms with E-state index in [2.05, 4.69) is 0 Å². The van der Waals surface area contributed by atoms with Crippen LogP contribution in [0.3, 0.4) is 0 Å². The number of ketones is 2. The molecule has 5 rings (SSSR count). The van der Waals surface area contributed by atoms with Gasteiger partial charge in [0.2, 0.25) is 5.78 Å². The van der Waals surface area contributed by atoms with Crippen LogP contribution in [-0.2, 0) is 4.74 Å². The molecule has 2 aromatic carbocycles. The number of aromatic hydroxyl groups is 2. The zero-order valence-corrected chi connectivity index (χ0v) is 12.1. The maximum atomic E-state index is 12.8. The number of hydrogen-bond acceptors (Lipinski definition) is 6. The quantitative estimate of drug-likeness (QED) is 0.659. The molecule has 2 aromatic rings. The van der Waals surface area contributed by atoms with Gasteiger partial charge in [0.15, 0.2) is 5.78 Å². The molecule has 0 unspecified atom stereocenters. The summed E-state index contributed by atoms with van der Waals surface area (Å²) < 4.78 is 10.9. The third kappa shape index (κ3) is 1.40. The van der Waals surface area contributed by atoms with Crippen LogP contribution in [0.25, 0.3) is 0 Å². The number of phenols is 2. The SMILES string of the molecule is O=C1c2cccc(O)c2C(=O)c2c1cc1c(c2O)[C@@H]2C=CO[C@@H]2O1. The predicted molar refractivity (Wildman–Crippen MR) is 80.5 cm³/mol. The average Bonchev–Trinajstić information content (AvgIpc) is 3.12. The first-order valence-corrected chi connectivity index (χ1v) is 7.38. The molecule has 2 N–H and O–H groups in total. The van der Waals surface area contributed by atoms with Crippen molar-refractivity contribution in [2.24, 2.45) is 0 Å². The van der Waals surface area contributed by atoms with E-state index in [1.165, 1.54) is 30.5 Å². The fourth-order valence-corrected chi connectivity index (χ4v) is 3.57. The van der Waals surface area contributed by atoms with Crippen molar-refractivity contribution in [1.82, 2.24) is 0 Å². The van der Waals surface area contributed by atoms with Crippen LogP contribution in [0.2, 0.25) is 0 Å². The molecular formula is C18H10O6. The first-order valence-electron chi connectivity index (χ1n) is 7.38. The van der Waals surface area contributed by atoms with Gasteiger partial charge in [-0.05, 0) is 18.2 Å². The Morgan fingerprint density at radius 1 is 1.00 bits per heavy atom. The monoisotopic (exact) mass is 322 g/mol. The van der Waals surface area contributed by atoms with Crippen LogP contribution >= 0.6 is 0 Å². The summed E-state index contributed by atoms with van der Waals surface area (Å²) in [5, 5.41) is 20.7. The minimum absolute atomic E-state index is 0.0679. The molecule has 1 aliphatic carbocycles. The number of carbonyl (C=O) groups is 2. The van der Waals surface area contributed by atoms with E-state index in [0.717, 1.165) is 0 Å². The van der Waals surface area contributed by atoms with Gasteiger partial charge in [0.1, 0.15) is 17.2 Å². The summed E-state index contributed by atoms with van der Waals surface area (Å²) in [5.41, 5.74) is 0.420. The third-order valence-corrected chi connectivity index (χ3v) is 4.66. The van der Waals surface area contributed by atoms with Gasteiger partial charge < -0.3 is 19.7 Å². The van der Waals surface area contributed by atoms with Crippen LogP contribution in [0, 0.1) is 0 Å². The Bertz CT molecular complexity index is 987. The van der Waals surface area contributed by atoms with Gasteiger partial charge in [-0.3, -0.25) is 9.59 Å². The van der Waals surface area contributed by atoms with E-state index < -0.39 is 17.9 Å². The van der Waals surface area contributed by atoms with Crippen LogP contribution in [0.1, 0.15) is 43.3 Å². The van der Waals surface area contributed by atoms with Crippen LogP contribution in [0.5, 0.6) is 17.2 Å². The van der Waals surface area contributed by atoms with Crippen molar-refractivity contribution in [3.63, 3.8) is 0 Å². The van der Waals surface area contributed by atoms with Gasteiger partial charge in [0.05, 0.1) is 28.9 Å². The Kier molecular flexibility index (Phi) is 2.29. The van der Waals surface area contributed by atoms with Gasteiger partial charge in [0, 0.05) is 11.1 Å². The second-order valence-corrected chi connectivity index (χ2v) is 5.89. The summed E-state index contributed by atoms with van der Waals surface area (Å²) >= 11 is 0. The molecule has 6 heteroatoms. The molecule has 0 spiro atoms. The molecule has 2 aliphatic heterocycles. The molecule has 0 fully saturated rings.